The Morgan fingerprint density at radius 3 is 2.44 bits per heavy atom. The highest BCUT2D eigenvalue weighted by Crippen LogP contribution is 2.28. The molecule has 1 heterocycles. The second kappa shape index (κ2) is 8.01. The predicted molar refractivity (Wildman–Crippen MR) is 97.5 cm³/mol. The lowest BCUT2D eigenvalue weighted by Gasteiger charge is -2.29. The number of hydrogen-bond acceptors (Lipinski definition) is 3. The van der Waals surface area contributed by atoms with Gasteiger partial charge in [-0.1, -0.05) is 44.2 Å². The molecule has 0 fully saturated rings. The summed E-state index contributed by atoms with van der Waals surface area (Å²) in [4.78, 5) is 24.1. The standard InChI is InChI=1S/C20H26N2O3/c1-14(12-20(3,4)16-8-6-5-7-9-16)22-18(23)13-21-19(24)17-10-11-25-15(17)2/h5-11,14H,12-13H2,1-4H3,(H,21,24)(H,22,23). The van der Waals surface area contributed by atoms with Gasteiger partial charge in [-0.3, -0.25) is 9.59 Å². The first-order valence-electron chi connectivity index (χ1n) is 8.47. The molecule has 2 aromatic rings. The zero-order valence-corrected chi connectivity index (χ0v) is 15.3. The SMILES string of the molecule is Cc1occc1C(=O)NCC(=O)NC(C)CC(C)(C)c1ccccc1. The van der Waals surface area contributed by atoms with Crippen LogP contribution in [0.4, 0.5) is 0 Å². The van der Waals surface area contributed by atoms with Crippen LogP contribution in [0.1, 0.15) is 48.9 Å². The molecule has 5 heteroatoms. The Morgan fingerprint density at radius 2 is 1.84 bits per heavy atom. The van der Waals surface area contributed by atoms with E-state index in [1.807, 2.05) is 25.1 Å². The molecule has 134 valence electrons. The van der Waals surface area contributed by atoms with Crippen LogP contribution in [0.3, 0.4) is 0 Å². The van der Waals surface area contributed by atoms with E-state index in [1.165, 1.54) is 11.8 Å². The highest BCUT2D eigenvalue weighted by Gasteiger charge is 2.24. The largest absolute Gasteiger partial charge is 0.469 e. The summed E-state index contributed by atoms with van der Waals surface area (Å²) in [5.74, 6) is 0.0282. The molecule has 0 spiro atoms. The fourth-order valence-electron chi connectivity index (χ4n) is 3.03. The summed E-state index contributed by atoms with van der Waals surface area (Å²) < 4.78 is 5.09. The summed E-state index contributed by atoms with van der Waals surface area (Å²) in [5, 5.41) is 5.56. The third-order valence-electron chi connectivity index (χ3n) is 4.29. The first-order chi connectivity index (χ1) is 11.8. The average Bonchev–Trinajstić information content (AvgIpc) is 2.99. The van der Waals surface area contributed by atoms with Gasteiger partial charge in [0.2, 0.25) is 5.91 Å². The summed E-state index contributed by atoms with van der Waals surface area (Å²) in [6.45, 7) is 7.95. The maximum Gasteiger partial charge on any atom is 0.255 e. The van der Waals surface area contributed by atoms with Crippen molar-refractivity contribution in [2.75, 3.05) is 6.54 Å². The average molecular weight is 342 g/mol. The molecule has 1 atom stereocenters. The summed E-state index contributed by atoms with van der Waals surface area (Å²) in [7, 11) is 0. The molecule has 0 saturated heterocycles. The van der Waals surface area contributed by atoms with E-state index in [2.05, 4.69) is 36.6 Å². The number of carbonyl (C=O) groups is 2. The quantitative estimate of drug-likeness (QED) is 0.812. The van der Waals surface area contributed by atoms with Gasteiger partial charge in [0.1, 0.15) is 5.76 Å². The summed E-state index contributed by atoms with van der Waals surface area (Å²) in [6.07, 6.45) is 2.26. The van der Waals surface area contributed by atoms with E-state index in [1.54, 1.807) is 13.0 Å². The maximum absolute atomic E-state index is 12.1. The Morgan fingerprint density at radius 1 is 1.16 bits per heavy atom. The van der Waals surface area contributed by atoms with Crippen molar-refractivity contribution >= 4 is 11.8 Å². The third-order valence-corrected chi connectivity index (χ3v) is 4.29. The molecule has 5 nitrogen and oxygen atoms in total. The van der Waals surface area contributed by atoms with Gasteiger partial charge >= 0.3 is 0 Å². The topological polar surface area (TPSA) is 71.3 Å². The van der Waals surface area contributed by atoms with Crippen LogP contribution in [-0.2, 0) is 10.2 Å². The molecule has 1 unspecified atom stereocenters. The van der Waals surface area contributed by atoms with E-state index in [-0.39, 0.29) is 29.8 Å². The Balaban J connectivity index is 1.82. The lowest BCUT2D eigenvalue weighted by molar-refractivity contribution is -0.120. The number of carbonyl (C=O) groups excluding carboxylic acids is 2. The zero-order valence-electron chi connectivity index (χ0n) is 15.3. The molecule has 2 N–H and O–H groups in total. The van der Waals surface area contributed by atoms with E-state index in [0.29, 0.717) is 11.3 Å². The molecular weight excluding hydrogens is 316 g/mol. The Kier molecular flexibility index (Phi) is 6.02. The third kappa shape index (κ3) is 5.21. The summed E-state index contributed by atoms with van der Waals surface area (Å²) >= 11 is 0. The number of benzene rings is 1. The van der Waals surface area contributed by atoms with Crippen molar-refractivity contribution in [2.45, 2.75) is 45.6 Å². The normalized spacial score (nSPS) is 12.5. The predicted octanol–water partition coefficient (Wildman–Crippen LogP) is 3.19. The molecule has 1 aromatic heterocycles. The molecular formula is C20H26N2O3. The summed E-state index contributed by atoms with van der Waals surface area (Å²) in [6, 6.07) is 11.8. The first kappa shape index (κ1) is 18.8. The van der Waals surface area contributed by atoms with Gasteiger partial charge in [-0.2, -0.15) is 0 Å². The van der Waals surface area contributed by atoms with Crippen molar-refractivity contribution in [3.05, 3.63) is 59.5 Å². The first-order valence-corrected chi connectivity index (χ1v) is 8.47. The van der Waals surface area contributed by atoms with Gasteiger partial charge in [-0.05, 0) is 37.3 Å². The van der Waals surface area contributed by atoms with Crippen LogP contribution in [-0.4, -0.2) is 24.4 Å². The van der Waals surface area contributed by atoms with Gasteiger partial charge in [0.05, 0.1) is 18.4 Å². The van der Waals surface area contributed by atoms with Crippen molar-refractivity contribution < 1.29 is 14.0 Å². The molecule has 0 aliphatic rings. The highest BCUT2D eigenvalue weighted by atomic mass is 16.3. The number of furan rings is 1. The van der Waals surface area contributed by atoms with E-state index >= 15 is 0 Å². The molecule has 0 radical (unpaired) electrons. The monoisotopic (exact) mass is 342 g/mol. The Labute approximate surface area is 148 Å². The number of aryl methyl sites for hydroxylation is 1. The number of hydrogen-bond donors (Lipinski definition) is 2. The van der Waals surface area contributed by atoms with Crippen LogP contribution in [0.15, 0.2) is 47.1 Å². The van der Waals surface area contributed by atoms with E-state index in [0.717, 1.165) is 6.42 Å². The molecule has 0 aliphatic heterocycles. The van der Waals surface area contributed by atoms with Crippen LogP contribution in [0.5, 0.6) is 0 Å². The fraction of sp³-hybridized carbons (Fsp3) is 0.400. The van der Waals surface area contributed by atoms with E-state index < -0.39 is 0 Å². The summed E-state index contributed by atoms with van der Waals surface area (Å²) in [5.41, 5.74) is 1.64. The van der Waals surface area contributed by atoms with Crippen LogP contribution in [0, 0.1) is 6.92 Å². The van der Waals surface area contributed by atoms with Gasteiger partial charge in [0.15, 0.2) is 0 Å². The van der Waals surface area contributed by atoms with Gasteiger partial charge in [0, 0.05) is 6.04 Å². The highest BCUT2D eigenvalue weighted by molar-refractivity contribution is 5.97. The minimum Gasteiger partial charge on any atom is -0.469 e. The Hall–Kier alpha value is -2.56. The number of rotatable bonds is 7. The van der Waals surface area contributed by atoms with Gasteiger partial charge < -0.3 is 15.1 Å². The number of amides is 2. The molecule has 2 rings (SSSR count). The van der Waals surface area contributed by atoms with Crippen LogP contribution < -0.4 is 10.6 Å². The molecule has 2 amide bonds. The van der Waals surface area contributed by atoms with E-state index in [4.69, 9.17) is 4.42 Å². The molecule has 0 saturated carbocycles. The van der Waals surface area contributed by atoms with Crippen LogP contribution >= 0.6 is 0 Å². The van der Waals surface area contributed by atoms with Crippen molar-refractivity contribution in [2.24, 2.45) is 0 Å². The smallest absolute Gasteiger partial charge is 0.255 e. The fourth-order valence-corrected chi connectivity index (χ4v) is 3.03. The zero-order chi connectivity index (χ0) is 18.4. The van der Waals surface area contributed by atoms with Gasteiger partial charge in [-0.15, -0.1) is 0 Å². The lowest BCUT2D eigenvalue weighted by Crippen LogP contribution is -2.42. The number of nitrogens with one attached hydrogen (secondary N) is 2. The van der Waals surface area contributed by atoms with Crippen molar-refractivity contribution in [1.29, 1.82) is 0 Å². The minimum atomic E-state index is -0.307. The molecule has 1 aromatic carbocycles. The molecule has 0 aliphatic carbocycles. The molecule has 0 bridgehead atoms. The van der Waals surface area contributed by atoms with Crippen LogP contribution in [0.25, 0.3) is 0 Å². The minimum absolute atomic E-state index is 0.00438. The van der Waals surface area contributed by atoms with Gasteiger partial charge in [-0.25, -0.2) is 0 Å². The second-order valence-corrected chi connectivity index (χ2v) is 7.00. The van der Waals surface area contributed by atoms with Crippen molar-refractivity contribution in [3.8, 4) is 0 Å². The van der Waals surface area contributed by atoms with Crippen molar-refractivity contribution in [1.82, 2.24) is 10.6 Å². The second-order valence-electron chi connectivity index (χ2n) is 7.00. The Bertz CT molecular complexity index is 720. The van der Waals surface area contributed by atoms with Gasteiger partial charge in [0.25, 0.3) is 5.91 Å². The molecule has 25 heavy (non-hydrogen) atoms. The van der Waals surface area contributed by atoms with Crippen LogP contribution in [0.2, 0.25) is 0 Å². The lowest BCUT2D eigenvalue weighted by atomic mass is 9.79. The van der Waals surface area contributed by atoms with Crippen molar-refractivity contribution in [3.63, 3.8) is 0 Å². The maximum atomic E-state index is 12.1. The van der Waals surface area contributed by atoms with E-state index in [9.17, 15) is 9.59 Å².